The van der Waals surface area contributed by atoms with Crippen LogP contribution in [0.25, 0.3) is 0 Å². The summed E-state index contributed by atoms with van der Waals surface area (Å²) in [6.45, 7) is 1.78. The summed E-state index contributed by atoms with van der Waals surface area (Å²) in [5.41, 5.74) is 0.494. The molecule has 1 amide bonds. The van der Waals surface area contributed by atoms with Gasteiger partial charge in [-0.05, 0) is 42.6 Å². The second-order valence-electron chi connectivity index (χ2n) is 6.30. The van der Waals surface area contributed by atoms with Gasteiger partial charge in [0.05, 0.1) is 17.6 Å². The fourth-order valence-electron chi connectivity index (χ4n) is 3.27. The van der Waals surface area contributed by atoms with Crippen molar-refractivity contribution in [2.75, 3.05) is 12.0 Å². The van der Waals surface area contributed by atoms with Crippen molar-refractivity contribution >= 4 is 28.7 Å². The first kappa shape index (κ1) is 18.1. The Balaban J connectivity index is 1.87. The average molecular weight is 395 g/mol. The standard InChI is InChI=1S/C21H17NO5S/c1-12-8-9-15(27-12)18-17(19(23)16-7-4-10-28-16)20(24)21(25)22(18)13-5-3-6-14(11-13)26-2/h3-11,18,24H,1-2H3. The molecule has 1 N–H and O–H groups in total. The van der Waals surface area contributed by atoms with E-state index in [2.05, 4.69) is 0 Å². The number of anilines is 1. The zero-order chi connectivity index (χ0) is 19.8. The van der Waals surface area contributed by atoms with Crippen LogP contribution in [0.3, 0.4) is 0 Å². The van der Waals surface area contributed by atoms with Crippen molar-refractivity contribution in [3.63, 3.8) is 0 Å². The first-order chi connectivity index (χ1) is 13.5. The number of methoxy groups -OCH3 is 1. The molecule has 0 fully saturated rings. The SMILES string of the molecule is COc1cccc(N2C(=O)C(O)=C(C(=O)c3cccs3)C2c2ccc(C)o2)c1. The topological polar surface area (TPSA) is 80.0 Å². The molecule has 0 saturated heterocycles. The third-order valence-electron chi connectivity index (χ3n) is 4.56. The Morgan fingerprint density at radius 3 is 2.68 bits per heavy atom. The summed E-state index contributed by atoms with van der Waals surface area (Å²) < 4.78 is 11.0. The van der Waals surface area contributed by atoms with Gasteiger partial charge < -0.3 is 14.3 Å². The number of nitrogens with zero attached hydrogens (tertiary/aromatic N) is 1. The van der Waals surface area contributed by atoms with E-state index in [0.717, 1.165) is 0 Å². The maximum absolute atomic E-state index is 13.1. The summed E-state index contributed by atoms with van der Waals surface area (Å²) in [4.78, 5) is 27.9. The van der Waals surface area contributed by atoms with Crippen LogP contribution in [0.2, 0.25) is 0 Å². The Morgan fingerprint density at radius 2 is 2.04 bits per heavy atom. The molecule has 1 unspecified atom stereocenters. The highest BCUT2D eigenvalue weighted by atomic mass is 32.1. The molecule has 3 heterocycles. The lowest BCUT2D eigenvalue weighted by molar-refractivity contribution is -0.117. The van der Waals surface area contributed by atoms with E-state index in [1.807, 2.05) is 0 Å². The van der Waals surface area contributed by atoms with Crippen LogP contribution in [0.4, 0.5) is 5.69 Å². The smallest absolute Gasteiger partial charge is 0.294 e. The third kappa shape index (κ3) is 2.90. The van der Waals surface area contributed by atoms with Gasteiger partial charge in [-0.2, -0.15) is 0 Å². The number of ketones is 1. The number of Topliss-reactive ketones (excluding diaryl/α,β-unsaturated/α-hetero) is 1. The van der Waals surface area contributed by atoms with Crippen LogP contribution in [0.5, 0.6) is 5.75 Å². The first-order valence-corrected chi connectivity index (χ1v) is 9.44. The Labute approximate surface area is 165 Å². The molecule has 7 heteroatoms. The van der Waals surface area contributed by atoms with Crippen LogP contribution in [0, 0.1) is 6.92 Å². The zero-order valence-corrected chi connectivity index (χ0v) is 16.0. The number of aliphatic hydroxyl groups excluding tert-OH is 1. The number of aliphatic hydroxyl groups is 1. The van der Waals surface area contributed by atoms with Gasteiger partial charge in [-0.1, -0.05) is 12.1 Å². The van der Waals surface area contributed by atoms with Crippen molar-refractivity contribution < 1.29 is 23.8 Å². The van der Waals surface area contributed by atoms with Crippen LogP contribution in [-0.2, 0) is 4.79 Å². The lowest BCUT2D eigenvalue weighted by atomic mass is 10.00. The summed E-state index contributed by atoms with van der Waals surface area (Å²) in [6, 6.07) is 12.9. The van der Waals surface area contributed by atoms with Crippen LogP contribution in [-0.4, -0.2) is 23.9 Å². The average Bonchev–Trinajstić information content (AvgIpc) is 3.43. The van der Waals surface area contributed by atoms with Gasteiger partial charge in [0.2, 0.25) is 5.78 Å². The number of furan rings is 1. The first-order valence-electron chi connectivity index (χ1n) is 8.56. The molecule has 1 aliphatic heterocycles. The van der Waals surface area contributed by atoms with Gasteiger partial charge in [0.15, 0.2) is 5.76 Å². The van der Waals surface area contributed by atoms with Gasteiger partial charge in [0.25, 0.3) is 5.91 Å². The summed E-state index contributed by atoms with van der Waals surface area (Å²) in [5, 5.41) is 12.4. The third-order valence-corrected chi connectivity index (χ3v) is 5.43. The Kier molecular flexibility index (Phi) is 4.52. The van der Waals surface area contributed by atoms with E-state index in [1.165, 1.54) is 23.3 Å². The van der Waals surface area contributed by atoms with Crippen LogP contribution >= 0.6 is 11.3 Å². The molecule has 3 aromatic rings. The Bertz CT molecular complexity index is 1080. The number of hydrogen-bond donors (Lipinski definition) is 1. The number of amides is 1. The molecular formula is C21H17NO5S. The predicted octanol–water partition coefficient (Wildman–Crippen LogP) is 4.44. The minimum Gasteiger partial charge on any atom is -0.503 e. The maximum atomic E-state index is 13.1. The van der Waals surface area contributed by atoms with E-state index in [4.69, 9.17) is 9.15 Å². The number of aryl methyl sites for hydroxylation is 1. The van der Waals surface area contributed by atoms with E-state index in [-0.39, 0.29) is 5.57 Å². The highest BCUT2D eigenvalue weighted by molar-refractivity contribution is 7.12. The molecule has 1 aromatic carbocycles. The van der Waals surface area contributed by atoms with E-state index in [9.17, 15) is 14.7 Å². The molecule has 28 heavy (non-hydrogen) atoms. The van der Waals surface area contributed by atoms with Crippen molar-refractivity contribution in [2.45, 2.75) is 13.0 Å². The van der Waals surface area contributed by atoms with Crippen LogP contribution in [0.15, 0.2) is 69.7 Å². The van der Waals surface area contributed by atoms with E-state index in [1.54, 1.807) is 60.8 Å². The van der Waals surface area contributed by atoms with Crippen molar-refractivity contribution in [1.29, 1.82) is 0 Å². The Morgan fingerprint density at radius 1 is 1.21 bits per heavy atom. The number of thiophene rings is 1. The molecule has 2 aromatic heterocycles. The largest absolute Gasteiger partial charge is 0.503 e. The van der Waals surface area contributed by atoms with Crippen molar-refractivity contribution in [3.05, 3.63) is 81.6 Å². The number of carbonyl (C=O) groups is 2. The quantitative estimate of drug-likeness (QED) is 0.646. The summed E-state index contributed by atoms with van der Waals surface area (Å²) >= 11 is 1.25. The van der Waals surface area contributed by atoms with E-state index < -0.39 is 23.5 Å². The molecule has 142 valence electrons. The second-order valence-corrected chi connectivity index (χ2v) is 7.24. The predicted molar refractivity (Wildman–Crippen MR) is 105 cm³/mol. The zero-order valence-electron chi connectivity index (χ0n) is 15.2. The molecule has 1 aliphatic rings. The lowest BCUT2D eigenvalue weighted by Crippen LogP contribution is -2.30. The van der Waals surface area contributed by atoms with Crippen LogP contribution in [0.1, 0.15) is 27.2 Å². The fourth-order valence-corrected chi connectivity index (χ4v) is 3.95. The van der Waals surface area contributed by atoms with Crippen molar-refractivity contribution in [3.8, 4) is 5.75 Å². The van der Waals surface area contributed by atoms with E-state index in [0.29, 0.717) is 27.8 Å². The maximum Gasteiger partial charge on any atom is 0.294 e. The molecule has 6 nitrogen and oxygen atoms in total. The molecule has 0 spiro atoms. The number of hydrogen-bond acceptors (Lipinski definition) is 6. The van der Waals surface area contributed by atoms with Gasteiger partial charge in [-0.3, -0.25) is 14.5 Å². The molecule has 4 rings (SSSR count). The van der Waals surface area contributed by atoms with Gasteiger partial charge in [-0.15, -0.1) is 11.3 Å². The molecule has 0 aliphatic carbocycles. The van der Waals surface area contributed by atoms with Gasteiger partial charge in [0, 0.05) is 11.8 Å². The number of rotatable bonds is 5. The van der Waals surface area contributed by atoms with Crippen molar-refractivity contribution in [1.82, 2.24) is 0 Å². The second kappa shape index (κ2) is 7.01. The van der Waals surface area contributed by atoms with E-state index >= 15 is 0 Å². The van der Waals surface area contributed by atoms with Gasteiger partial charge >= 0.3 is 0 Å². The van der Waals surface area contributed by atoms with Crippen molar-refractivity contribution in [2.24, 2.45) is 0 Å². The molecule has 0 bridgehead atoms. The lowest BCUT2D eigenvalue weighted by Gasteiger charge is -2.25. The molecule has 0 radical (unpaired) electrons. The normalized spacial score (nSPS) is 16.7. The number of benzene rings is 1. The fraction of sp³-hybridized carbons (Fsp3) is 0.143. The molecule has 0 saturated carbocycles. The molecular weight excluding hydrogens is 378 g/mol. The van der Waals surface area contributed by atoms with Crippen LogP contribution < -0.4 is 9.64 Å². The summed E-state index contributed by atoms with van der Waals surface area (Å²) in [5.74, 6) is -0.0324. The van der Waals surface area contributed by atoms with Gasteiger partial charge in [-0.25, -0.2) is 0 Å². The van der Waals surface area contributed by atoms with Gasteiger partial charge in [0.1, 0.15) is 23.3 Å². The minimum absolute atomic E-state index is 0.00428. The highest BCUT2D eigenvalue weighted by Crippen LogP contribution is 2.43. The molecule has 1 atom stereocenters. The monoisotopic (exact) mass is 395 g/mol. The summed E-state index contributed by atoms with van der Waals surface area (Å²) in [6.07, 6.45) is 0. The summed E-state index contributed by atoms with van der Waals surface area (Å²) in [7, 11) is 1.53. The number of carbonyl (C=O) groups excluding carboxylic acids is 2. The minimum atomic E-state index is -0.872. The number of ether oxygens (including phenoxy) is 1. The highest BCUT2D eigenvalue weighted by Gasteiger charge is 2.46. The Hall–Kier alpha value is -3.32.